The number of nitrogens with one attached hydrogen (secondary N) is 2. The van der Waals surface area contributed by atoms with Gasteiger partial charge >= 0.3 is 0 Å². The van der Waals surface area contributed by atoms with Gasteiger partial charge in [0.25, 0.3) is 5.91 Å². The van der Waals surface area contributed by atoms with Crippen LogP contribution in [0.15, 0.2) is 46.5 Å². The van der Waals surface area contributed by atoms with Crippen molar-refractivity contribution in [3.63, 3.8) is 0 Å². The lowest BCUT2D eigenvalue weighted by atomic mass is 9.90. The second-order valence-corrected chi connectivity index (χ2v) is 7.36. The highest BCUT2D eigenvalue weighted by molar-refractivity contribution is 6.20. The number of fused-ring (bicyclic) bond motifs is 2. The van der Waals surface area contributed by atoms with Gasteiger partial charge in [-0.25, -0.2) is 15.4 Å². The smallest absolute Gasteiger partial charge is 0.277 e. The molecule has 1 saturated heterocycles. The van der Waals surface area contributed by atoms with Gasteiger partial charge in [0, 0.05) is 11.8 Å². The van der Waals surface area contributed by atoms with E-state index in [1.54, 1.807) is 6.92 Å². The van der Waals surface area contributed by atoms with Gasteiger partial charge in [-0.2, -0.15) is 10.2 Å². The van der Waals surface area contributed by atoms with Crippen molar-refractivity contribution in [1.82, 2.24) is 25.7 Å². The zero-order chi connectivity index (χ0) is 21.7. The summed E-state index contributed by atoms with van der Waals surface area (Å²) in [5.74, 6) is -0.0432. The van der Waals surface area contributed by atoms with Crippen LogP contribution >= 0.6 is 0 Å². The third kappa shape index (κ3) is 2.86. The zero-order valence-corrected chi connectivity index (χ0v) is 16.8. The van der Waals surface area contributed by atoms with Crippen LogP contribution in [0.4, 0.5) is 5.82 Å². The largest absolute Gasteiger partial charge is 0.479 e. The number of methoxy groups -OCH3 is 1. The van der Waals surface area contributed by atoms with Crippen molar-refractivity contribution in [2.75, 3.05) is 12.8 Å². The molecule has 4 heterocycles. The molecular formula is C21H19N7O3. The molecule has 1 aromatic carbocycles. The van der Waals surface area contributed by atoms with Gasteiger partial charge in [-0.3, -0.25) is 4.79 Å². The first kappa shape index (κ1) is 18.9. The Morgan fingerprint density at radius 1 is 1.29 bits per heavy atom. The van der Waals surface area contributed by atoms with Gasteiger partial charge < -0.3 is 20.2 Å². The second-order valence-electron chi connectivity index (χ2n) is 7.36. The van der Waals surface area contributed by atoms with E-state index in [0.717, 1.165) is 5.56 Å². The number of hydrogen-bond acceptors (Lipinski definition) is 9. The minimum atomic E-state index is -0.580. The first-order valence-electron chi connectivity index (χ1n) is 9.65. The average molecular weight is 417 g/mol. The number of nitrogen functional groups attached to an aromatic ring is 1. The number of aromatic nitrogens is 2. The average Bonchev–Trinajstić information content (AvgIpc) is 3.35. The predicted octanol–water partition coefficient (Wildman–Crippen LogP) is 1.50. The van der Waals surface area contributed by atoms with Crippen LogP contribution in [0.3, 0.4) is 0 Å². The third-order valence-electron chi connectivity index (χ3n) is 5.52. The fraction of sp³-hybridized carbons (Fsp3) is 0.238. The molecule has 2 aliphatic heterocycles. The maximum Gasteiger partial charge on any atom is 0.277 e. The number of carbonyl (C=O) groups excluding carboxylic acids is 1. The molecule has 156 valence electrons. The summed E-state index contributed by atoms with van der Waals surface area (Å²) < 4.78 is 11.1. The Kier molecular flexibility index (Phi) is 4.27. The molecule has 2 aliphatic rings. The number of nitriles is 1. The molecule has 5 rings (SSSR count). The van der Waals surface area contributed by atoms with Crippen molar-refractivity contribution >= 4 is 28.4 Å². The van der Waals surface area contributed by atoms with Gasteiger partial charge in [0.15, 0.2) is 11.1 Å². The Labute approximate surface area is 177 Å². The predicted molar refractivity (Wildman–Crippen MR) is 111 cm³/mol. The van der Waals surface area contributed by atoms with Crippen LogP contribution in [0.25, 0.3) is 16.7 Å². The molecule has 2 aromatic heterocycles. The van der Waals surface area contributed by atoms with E-state index in [-0.39, 0.29) is 35.0 Å². The number of hydrazine groups is 1. The number of rotatable bonds is 3. The Morgan fingerprint density at radius 3 is 2.77 bits per heavy atom. The lowest BCUT2D eigenvalue weighted by Crippen LogP contribution is -2.54. The highest BCUT2D eigenvalue weighted by Crippen LogP contribution is 2.37. The Balaban J connectivity index is 1.58. The van der Waals surface area contributed by atoms with Crippen LogP contribution in [0, 0.1) is 11.3 Å². The maximum atomic E-state index is 13.4. The van der Waals surface area contributed by atoms with Crippen LogP contribution in [-0.4, -0.2) is 40.2 Å². The fourth-order valence-corrected chi connectivity index (χ4v) is 4.15. The number of hydrogen-bond donors (Lipinski definition) is 3. The van der Waals surface area contributed by atoms with Crippen molar-refractivity contribution in [1.29, 1.82) is 5.26 Å². The molecule has 0 bridgehead atoms. The van der Waals surface area contributed by atoms with Crippen molar-refractivity contribution in [3.05, 3.63) is 53.5 Å². The summed E-state index contributed by atoms with van der Waals surface area (Å²) in [4.78, 5) is 22.0. The number of nitrogens with zero attached hydrogens (tertiary/aromatic N) is 4. The zero-order valence-electron chi connectivity index (χ0n) is 16.8. The number of ether oxygens (including phenoxy) is 1. The minimum Gasteiger partial charge on any atom is -0.479 e. The summed E-state index contributed by atoms with van der Waals surface area (Å²) in [6.45, 7) is 1.78. The highest BCUT2D eigenvalue weighted by atomic mass is 16.5. The fourth-order valence-electron chi connectivity index (χ4n) is 4.15. The normalized spacial score (nSPS) is 22.9. The molecule has 4 N–H and O–H groups in total. The van der Waals surface area contributed by atoms with E-state index in [4.69, 9.17) is 14.9 Å². The first-order chi connectivity index (χ1) is 15.0. The number of nitrogens with two attached hydrogens (primary N) is 1. The Hall–Kier alpha value is -4.10. The van der Waals surface area contributed by atoms with Crippen molar-refractivity contribution in [2.45, 2.75) is 25.0 Å². The van der Waals surface area contributed by atoms with Gasteiger partial charge in [0.05, 0.1) is 19.1 Å². The summed E-state index contributed by atoms with van der Waals surface area (Å²) >= 11 is 0. The van der Waals surface area contributed by atoms with Crippen molar-refractivity contribution < 1.29 is 13.9 Å². The summed E-state index contributed by atoms with van der Waals surface area (Å²) in [5.41, 5.74) is 11.4. The quantitative estimate of drug-likeness (QED) is 0.578. The summed E-state index contributed by atoms with van der Waals surface area (Å²) in [6, 6.07) is 12.8. The van der Waals surface area contributed by atoms with Crippen LogP contribution in [-0.2, 0) is 4.79 Å². The number of oxazole rings is 1. The van der Waals surface area contributed by atoms with E-state index in [1.807, 2.05) is 30.3 Å². The summed E-state index contributed by atoms with van der Waals surface area (Å²) in [5, 5.41) is 14.5. The Morgan fingerprint density at radius 2 is 2.06 bits per heavy atom. The van der Waals surface area contributed by atoms with Gasteiger partial charge in [-0.1, -0.05) is 30.3 Å². The lowest BCUT2D eigenvalue weighted by molar-refractivity contribution is -0.130. The number of amides is 1. The lowest BCUT2D eigenvalue weighted by Gasteiger charge is -2.34. The van der Waals surface area contributed by atoms with Crippen LogP contribution in [0.2, 0.25) is 0 Å². The molecule has 31 heavy (non-hydrogen) atoms. The number of benzene rings is 1. The molecule has 3 unspecified atom stereocenters. The van der Waals surface area contributed by atoms with E-state index >= 15 is 0 Å². The summed E-state index contributed by atoms with van der Waals surface area (Å²) in [7, 11) is 1.46. The molecule has 0 saturated carbocycles. The molecule has 3 aromatic rings. The molecule has 1 fully saturated rings. The third-order valence-corrected chi connectivity index (χ3v) is 5.52. The van der Waals surface area contributed by atoms with Gasteiger partial charge in [-0.15, -0.1) is 0 Å². The van der Waals surface area contributed by atoms with E-state index < -0.39 is 12.2 Å². The second kappa shape index (κ2) is 7.00. The Bertz CT molecular complexity index is 1260. The SMILES string of the molecule is COc1nc(N)cc2oc(C3=C(C)NC4C(c5ccccc5)C(C#N)NN4C3=O)nc12. The van der Waals surface area contributed by atoms with Crippen LogP contribution in [0.5, 0.6) is 5.88 Å². The van der Waals surface area contributed by atoms with Gasteiger partial charge in [-0.05, 0) is 12.5 Å². The minimum absolute atomic E-state index is 0.118. The highest BCUT2D eigenvalue weighted by Gasteiger charge is 2.49. The molecule has 0 spiro atoms. The molecule has 3 atom stereocenters. The van der Waals surface area contributed by atoms with Crippen LogP contribution in [0.1, 0.15) is 24.3 Å². The van der Waals surface area contributed by atoms with Gasteiger partial charge in [0.2, 0.25) is 11.8 Å². The molecule has 10 nitrogen and oxygen atoms in total. The standard InChI is InChI=1S/C21H19N7O3/c1-10-15(19-26-17-13(31-19)8-14(23)25-20(17)30-2)21(29)28-18(24-10)16(12(9-22)27-28)11-6-4-3-5-7-11/h3-8,12,16,18,24,27H,1-2H3,(H2,23,25). The van der Waals surface area contributed by atoms with E-state index in [1.165, 1.54) is 18.2 Å². The van der Waals surface area contributed by atoms with Crippen LogP contribution < -0.4 is 21.2 Å². The number of allylic oxidation sites excluding steroid dienone is 1. The number of anilines is 1. The summed E-state index contributed by atoms with van der Waals surface area (Å²) in [6.07, 6.45) is -0.431. The van der Waals surface area contributed by atoms with E-state index in [9.17, 15) is 10.1 Å². The van der Waals surface area contributed by atoms with Crippen molar-refractivity contribution in [3.8, 4) is 11.9 Å². The molecule has 10 heteroatoms. The maximum absolute atomic E-state index is 13.4. The van der Waals surface area contributed by atoms with Crippen molar-refractivity contribution in [2.24, 2.45) is 0 Å². The van der Waals surface area contributed by atoms with Gasteiger partial charge in [0.1, 0.15) is 23.6 Å². The number of carbonyl (C=O) groups is 1. The van der Waals surface area contributed by atoms with E-state index in [2.05, 4.69) is 26.8 Å². The molecular weight excluding hydrogens is 398 g/mol. The monoisotopic (exact) mass is 417 g/mol. The van der Waals surface area contributed by atoms with E-state index in [0.29, 0.717) is 16.8 Å². The molecule has 0 aliphatic carbocycles. The first-order valence-corrected chi connectivity index (χ1v) is 9.65. The topological polar surface area (TPSA) is 142 Å². The molecule has 1 amide bonds. The number of pyridine rings is 1. The molecule has 0 radical (unpaired) electrons.